The summed E-state index contributed by atoms with van der Waals surface area (Å²) in [6.07, 6.45) is 3.35. The maximum atomic E-state index is 12.8. The van der Waals surface area contributed by atoms with Crippen molar-refractivity contribution in [3.8, 4) is 0 Å². The van der Waals surface area contributed by atoms with E-state index in [9.17, 15) is 4.79 Å². The quantitative estimate of drug-likeness (QED) is 0.825. The largest absolute Gasteiger partial charge is 0.322 e. The third kappa shape index (κ3) is 3.86. The van der Waals surface area contributed by atoms with E-state index >= 15 is 0 Å². The van der Waals surface area contributed by atoms with E-state index in [1.807, 2.05) is 0 Å². The molecule has 0 radical (unpaired) electrons. The summed E-state index contributed by atoms with van der Waals surface area (Å²) in [5.41, 5.74) is 1.23. The molecule has 2 rings (SSSR count). The normalized spacial score (nSPS) is 24.0. The number of nitrogens with zero attached hydrogens (tertiary/aromatic N) is 1. The van der Waals surface area contributed by atoms with Crippen molar-refractivity contribution in [3.63, 3.8) is 0 Å². The number of carbonyl (C=O) groups is 1. The fourth-order valence-corrected chi connectivity index (χ4v) is 3.58. The Hall–Kier alpha value is -0.870. The molecule has 1 aliphatic heterocycles. The minimum atomic E-state index is -0.0288. The van der Waals surface area contributed by atoms with E-state index in [-0.39, 0.29) is 18.1 Å². The smallest absolute Gasteiger partial charge is 0.241 e. The van der Waals surface area contributed by atoms with Crippen molar-refractivity contribution in [2.45, 2.75) is 59.2 Å². The van der Waals surface area contributed by atoms with Gasteiger partial charge in [0.2, 0.25) is 5.91 Å². The molecule has 118 valence electrons. The van der Waals surface area contributed by atoms with Crippen LogP contribution in [0.25, 0.3) is 0 Å². The Morgan fingerprint density at radius 2 is 2.14 bits per heavy atom. The van der Waals surface area contributed by atoms with Crippen molar-refractivity contribution in [2.24, 2.45) is 11.8 Å². The summed E-state index contributed by atoms with van der Waals surface area (Å²) in [5, 5.41) is 7.80. The van der Waals surface area contributed by atoms with Gasteiger partial charge in [-0.25, -0.2) is 0 Å². The first-order valence-corrected chi connectivity index (χ1v) is 9.07. The summed E-state index contributed by atoms with van der Waals surface area (Å²) in [6.45, 7) is 9.65. The third-order valence-electron chi connectivity index (χ3n) is 4.45. The Morgan fingerprint density at radius 1 is 1.38 bits per heavy atom. The topological polar surface area (TPSA) is 32.3 Å². The molecule has 3 nitrogen and oxygen atoms in total. The van der Waals surface area contributed by atoms with Crippen molar-refractivity contribution in [2.75, 3.05) is 6.54 Å². The van der Waals surface area contributed by atoms with Gasteiger partial charge in [0.15, 0.2) is 0 Å². The van der Waals surface area contributed by atoms with E-state index in [1.54, 1.807) is 11.3 Å². The Bertz CT molecular complexity index is 444. The van der Waals surface area contributed by atoms with E-state index in [2.05, 4.69) is 54.7 Å². The van der Waals surface area contributed by atoms with Crippen molar-refractivity contribution in [1.82, 2.24) is 10.2 Å². The molecule has 1 aromatic rings. The van der Waals surface area contributed by atoms with Crippen LogP contribution in [0.15, 0.2) is 16.8 Å². The number of carbonyl (C=O) groups excluding carboxylic acids is 1. The van der Waals surface area contributed by atoms with Crippen LogP contribution in [0.2, 0.25) is 0 Å². The molecule has 1 fully saturated rings. The average molecular weight is 308 g/mol. The number of hydrogen-bond acceptors (Lipinski definition) is 3. The van der Waals surface area contributed by atoms with Crippen molar-refractivity contribution in [1.29, 1.82) is 0 Å². The second-order valence-electron chi connectivity index (χ2n) is 6.56. The zero-order valence-corrected chi connectivity index (χ0v) is 14.5. The molecular weight excluding hydrogens is 280 g/mol. The lowest BCUT2D eigenvalue weighted by Gasteiger charge is -2.24. The minimum absolute atomic E-state index is 0.0288. The van der Waals surface area contributed by atoms with Crippen molar-refractivity contribution < 1.29 is 4.79 Å². The van der Waals surface area contributed by atoms with Crippen LogP contribution < -0.4 is 5.32 Å². The van der Waals surface area contributed by atoms with E-state index < -0.39 is 0 Å². The lowest BCUT2D eigenvalue weighted by molar-refractivity contribution is -0.131. The van der Waals surface area contributed by atoms with Gasteiger partial charge in [0.25, 0.3) is 0 Å². The number of nitrogens with one attached hydrogen (secondary N) is 1. The van der Waals surface area contributed by atoms with Gasteiger partial charge in [0.05, 0.1) is 6.04 Å². The minimum Gasteiger partial charge on any atom is -0.322 e. The summed E-state index contributed by atoms with van der Waals surface area (Å²) < 4.78 is 0. The molecule has 21 heavy (non-hydrogen) atoms. The molecular formula is C17H28N2OS. The van der Waals surface area contributed by atoms with E-state index in [0.717, 1.165) is 19.4 Å². The fourth-order valence-electron chi connectivity index (χ4n) is 2.90. The van der Waals surface area contributed by atoms with Crippen LogP contribution in [0.5, 0.6) is 0 Å². The molecule has 4 heteroatoms. The van der Waals surface area contributed by atoms with Crippen LogP contribution in [0.4, 0.5) is 0 Å². The maximum absolute atomic E-state index is 12.8. The molecule has 1 aliphatic rings. The van der Waals surface area contributed by atoms with Gasteiger partial charge < -0.3 is 4.90 Å². The maximum Gasteiger partial charge on any atom is 0.241 e. The third-order valence-corrected chi connectivity index (χ3v) is 5.15. The molecule has 0 bridgehead atoms. The van der Waals surface area contributed by atoms with Gasteiger partial charge in [-0.05, 0) is 47.1 Å². The number of rotatable bonds is 7. The zero-order valence-electron chi connectivity index (χ0n) is 13.6. The van der Waals surface area contributed by atoms with Crippen LogP contribution in [0.1, 0.15) is 58.7 Å². The van der Waals surface area contributed by atoms with Gasteiger partial charge in [-0.15, -0.1) is 0 Å². The highest BCUT2D eigenvalue weighted by Crippen LogP contribution is 2.30. The summed E-state index contributed by atoms with van der Waals surface area (Å²) >= 11 is 1.70. The predicted molar refractivity (Wildman–Crippen MR) is 89.2 cm³/mol. The highest BCUT2D eigenvalue weighted by Gasteiger charge is 2.41. The predicted octanol–water partition coefficient (Wildman–Crippen LogP) is 4.03. The van der Waals surface area contributed by atoms with E-state index in [4.69, 9.17) is 0 Å². The summed E-state index contributed by atoms with van der Waals surface area (Å²) in [5.74, 6) is 1.36. The lowest BCUT2D eigenvalue weighted by Crippen LogP contribution is -2.36. The Morgan fingerprint density at radius 3 is 2.71 bits per heavy atom. The highest BCUT2D eigenvalue weighted by molar-refractivity contribution is 7.07. The van der Waals surface area contributed by atoms with Crippen LogP contribution in [0, 0.1) is 11.8 Å². The van der Waals surface area contributed by atoms with Gasteiger partial charge in [0, 0.05) is 6.54 Å². The van der Waals surface area contributed by atoms with E-state index in [1.165, 1.54) is 12.0 Å². The summed E-state index contributed by atoms with van der Waals surface area (Å²) in [6, 6.07) is 2.10. The van der Waals surface area contributed by atoms with Gasteiger partial charge in [-0.2, -0.15) is 11.3 Å². The molecule has 2 heterocycles. The van der Waals surface area contributed by atoms with Gasteiger partial charge in [-0.1, -0.05) is 34.1 Å². The second kappa shape index (κ2) is 7.41. The Balaban J connectivity index is 2.10. The second-order valence-corrected chi connectivity index (χ2v) is 7.34. The number of amides is 1. The van der Waals surface area contributed by atoms with E-state index in [0.29, 0.717) is 11.8 Å². The molecule has 3 atom stereocenters. The molecule has 1 amide bonds. The molecule has 0 spiro atoms. The van der Waals surface area contributed by atoms with Crippen LogP contribution >= 0.6 is 11.3 Å². The van der Waals surface area contributed by atoms with Crippen molar-refractivity contribution in [3.05, 3.63) is 22.4 Å². The van der Waals surface area contributed by atoms with Crippen LogP contribution in [0.3, 0.4) is 0 Å². The fraction of sp³-hybridized carbons (Fsp3) is 0.706. The van der Waals surface area contributed by atoms with Gasteiger partial charge in [-0.3, -0.25) is 10.1 Å². The summed E-state index contributed by atoms with van der Waals surface area (Å²) in [7, 11) is 0. The first kappa shape index (κ1) is 16.5. The number of hydrogen-bond donors (Lipinski definition) is 1. The summed E-state index contributed by atoms with van der Waals surface area (Å²) in [4.78, 5) is 14.8. The first-order chi connectivity index (χ1) is 10.0. The first-order valence-electron chi connectivity index (χ1n) is 8.13. The average Bonchev–Trinajstić information content (AvgIpc) is 3.07. The number of thiophene rings is 1. The molecule has 1 aromatic heterocycles. The SMILES string of the molecule is CCC(C)C1NC(c2ccsc2)N(CCCC(C)C)C1=O. The van der Waals surface area contributed by atoms with Crippen LogP contribution in [-0.4, -0.2) is 23.4 Å². The molecule has 0 saturated carbocycles. The Labute approximate surface area is 132 Å². The molecule has 0 aromatic carbocycles. The molecule has 0 aliphatic carbocycles. The van der Waals surface area contributed by atoms with Gasteiger partial charge in [0.1, 0.15) is 6.17 Å². The monoisotopic (exact) mass is 308 g/mol. The lowest BCUT2D eigenvalue weighted by atomic mass is 9.99. The van der Waals surface area contributed by atoms with Crippen LogP contribution in [-0.2, 0) is 4.79 Å². The standard InChI is InChI=1S/C17H28N2OS/c1-5-13(4)15-17(20)19(9-6-7-12(2)3)16(18-15)14-8-10-21-11-14/h8,10-13,15-16,18H,5-7,9H2,1-4H3. The molecule has 1 N–H and O–H groups in total. The molecule has 3 unspecified atom stereocenters. The molecule has 1 saturated heterocycles. The highest BCUT2D eigenvalue weighted by atomic mass is 32.1. The zero-order chi connectivity index (χ0) is 15.4. The van der Waals surface area contributed by atoms with Crippen molar-refractivity contribution >= 4 is 17.2 Å². The Kier molecular flexibility index (Phi) is 5.82. The van der Waals surface area contributed by atoms with Gasteiger partial charge >= 0.3 is 0 Å².